The zero-order chi connectivity index (χ0) is 15.1. The molecule has 0 unspecified atom stereocenters. The highest BCUT2D eigenvalue weighted by Gasteiger charge is 2.06. The molecule has 0 saturated carbocycles. The van der Waals surface area contributed by atoms with Gasteiger partial charge in [-0.3, -0.25) is 14.5 Å². The molecule has 0 aliphatic rings. The van der Waals surface area contributed by atoms with Gasteiger partial charge in [-0.1, -0.05) is 11.8 Å². The summed E-state index contributed by atoms with van der Waals surface area (Å²) < 4.78 is 1.68. The Morgan fingerprint density at radius 2 is 2.29 bits per heavy atom. The van der Waals surface area contributed by atoms with Crippen LogP contribution in [0.2, 0.25) is 0 Å². The molecule has 0 atom stereocenters. The molecule has 0 radical (unpaired) electrons. The number of nitrogens with zero attached hydrogens (tertiary/aromatic N) is 3. The highest BCUT2D eigenvalue weighted by atomic mass is 16.2. The number of pyridine rings is 1. The second-order valence-corrected chi connectivity index (χ2v) is 4.44. The number of aryl methyl sites for hydroxylation is 1. The Balaban J connectivity index is 1.99. The lowest BCUT2D eigenvalue weighted by atomic mass is 10.2. The van der Waals surface area contributed by atoms with E-state index in [1.165, 1.54) is 6.20 Å². The molecule has 6 heteroatoms. The van der Waals surface area contributed by atoms with Crippen molar-refractivity contribution in [3.63, 3.8) is 0 Å². The fraction of sp³-hybridized carbons (Fsp3) is 0.267. The van der Waals surface area contributed by atoms with Gasteiger partial charge in [0.25, 0.3) is 5.91 Å². The van der Waals surface area contributed by atoms with Gasteiger partial charge in [0.05, 0.1) is 18.4 Å². The van der Waals surface area contributed by atoms with Gasteiger partial charge in [-0.25, -0.2) is 0 Å². The van der Waals surface area contributed by atoms with Crippen LogP contribution < -0.4 is 5.32 Å². The van der Waals surface area contributed by atoms with Crippen LogP contribution in [0.1, 0.15) is 27.9 Å². The lowest BCUT2D eigenvalue weighted by Crippen LogP contribution is -2.22. The van der Waals surface area contributed by atoms with E-state index in [-0.39, 0.29) is 12.5 Å². The maximum absolute atomic E-state index is 12.0. The fourth-order valence-electron chi connectivity index (χ4n) is 1.70. The molecule has 2 rings (SSSR count). The van der Waals surface area contributed by atoms with Gasteiger partial charge in [0, 0.05) is 49.7 Å². The van der Waals surface area contributed by atoms with Gasteiger partial charge in [-0.2, -0.15) is 5.10 Å². The highest BCUT2D eigenvalue weighted by Crippen LogP contribution is 2.03. The number of rotatable bonds is 4. The van der Waals surface area contributed by atoms with Crippen molar-refractivity contribution in [1.82, 2.24) is 20.1 Å². The second-order valence-electron chi connectivity index (χ2n) is 4.44. The molecule has 21 heavy (non-hydrogen) atoms. The number of hydrogen-bond acceptors (Lipinski definition) is 4. The lowest BCUT2D eigenvalue weighted by Gasteiger charge is -2.03. The van der Waals surface area contributed by atoms with Crippen LogP contribution in [0.15, 0.2) is 30.9 Å². The van der Waals surface area contributed by atoms with Crippen LogP contribution in [0.5, 0.6) is 0 Å². The summed E-state index contributed by atoms with van der Waals surface area (Å²) >= 11 is 0. The summed E-state index contributed by atoms with van der Waals surface area (Å²) in [5.41, 5.74) is 2.03. The van der Waals surface area contributed by atoms with Crippen LogP contribution in [0.3, 0.4) is 0 Å². The summed E-state index contributed by atoms with van der Waals surface area (Å²) in [5, 5.41) is 15.5. The van der Waals surface area contributed by atoms with E-state index >= 15 is 0 Å². The van der Waals surface area contributed by atoms with E-state index in [1.807, 2.05) is 13.2 Å². The molecular formula is C15H16N4O2. The maximum Gasteiger partial charge on any atom is 0.253 e. The fourth-order valence-corrected chi connectivity index (χ4v) is 1.70. The Kier molecular flexibility index (Phi) is 5.07. The van der Waals surface area contributed by atoms with Crippen LogP contribution in [0.4, 0.5) is 0 Å². The van der Waals surface area contributed by atoms with Crippen molar-refractivity contribution in [2.45, 2.75) is 13.0 Å². The molecule has 0 bridgehead atoms. The number of nitrogens with one attached hydrogen (secondary N) is 1. The first-order valence-corrected chi connectivity index (χ1v) is 6.49. The van der Waals surface area contributed by atoms with Crippen molar-refractivity contribution in [3.05, 3.63) is 47.5 Å². The monoisotopic (exact) mass is 284 g/mol. The molecule has 2 heterocycles. The Labute approximate surface area is 122 Å². The van der Waals surface area contributed by atoms with Gasteiger partial charge in [0.15, 0.2) is 0 Å². The van der Waals surface area contributed by atoms with Crippen LogP contribution in [0.25, 0.3) is 0 Å². The number of hydrogen-bond donors (Lipinski definition) is 2. The number of aliphatic hydroxyl groups is 1. The Bertz CT molecular complexity index is 682. The predicted molar refractivity (Wildman–Crippen MR) is 77.2 cm³/mol. The summed E-state index contributed by atoms with van der Waals surface area (Å²) in [6.45, 7) is 0.429. The molecule has 0 aliphatic carbocycles. The third kappa shape index (κ3) is 4.44. The van der Waals surface area contributed by atoms with Gasteiger partial charge in [-0.05, 0) is 6.07 Å². The minimum Gasteiger partial charge on any atom is -0.395 e. The largest absolute Gasteiger partial charge is 0.395 e. The van der Waals surface area contributed by atoms with E-state index < -0.39 is 0 Å². The Morgan fingerprint density at radius 1 is 1.43 bits per heavy atom. The number of amides is 1. The van der Waals surface area contributed by atoms with Gasteiger partial charge in [0.1, 0.15) is 0 Å². The first-order chi connectivity index (χ1) is 10.2. The van der Waals surface area contributed by atoms with Gasteiger partial charge in [-0.15, -0.1) is 0 Å². The van der Waals surface area contributed by atoms with Crippen molar-refractivity contribution in [1.29, 1.82) is 0 Å². The van der Waals surface area contributed by atoms with E-state index in [2.05, 4.69) is 27.2 Å². The second kappa shape index (κ2) is 7.22. The molecule has 108 valence electrons. The van der Waals surface area contributed by atoms with Crippen molar-refractivity contribution in [2.75, 3.05) is 6.61 Å². The minimum absolute atomic E-state index is 0.0196. The van der Waals surface area contributed by atoms with E-state index in [4.69, 9.17) is 5.11 Å². The van der Waals surface area contributed by atoms with Crippen LogP contribution >= 0.6 is 0 Å². The summed E-state index contributed by atoms with van der Waals surface area (Å²) in [6.07, 6.45) is 7.03. The predicted octanol–water partition coefficient (Wildman–Crippen LogP) is 0.479. The summed E-state index contributed by atoms with van der Waals surface area (Å²) in [7, 11) is 1.82. The summed E-state index contributed by atoms with van der Waals surface area (Å²) in [6, 6.07) is 1.68. The number of carbonyl (C=O) groups is 1. The van der Waals surface area contributed by atoms with Crippen molar-refractivity contribution >= 4 is 5.91 Å². The standard InChI is InChI=1S/C15H16N4O2/c1-19-11-13(9-18-19)8-17-15(21)14-6-12(7-16-10-14)4-2-3-5-20/h6-7,9-11,20H,3,5,8H2,1H3,(H,17,21). The van der Waals surface area contributed by atoms with Crippen molar-refractivity contribution in [2.24, 2.45) is 7.05 Å². The van der Waals surface area contributed by atoms with Crippen LogP contribution in [-0.4, -0.2) is 32.4 Å². The molecular weight excluding hydrogens is 268 g/mol. The topological polar surface area (TPSA) is 80.0 Å². The number of aromatic nitrogens is 3. The first-order valence-electron chi connectivity index (χ1n) is 6.49. The normalized spacial score (nSPS) is 9.81. The minimum atomic E-state index is -0.211. The smallest absolute Gasteiger partial charge is 0.253 e. The number of aliphatic hydroxyl groups excluding tert-OH is 1. The third-order valence-corrected chi connectivity index (χ3v) is 2.68. The van der Waals surface area contributed by atoms with E-state index in [0.717, 1.165) is 5.56 Å². The summed E-state index contributed by atoms with van der Waals surface area (Å²) in [5.74, 6) is 5.44. The average molecular weight is 284 g/mol. The van der Waals surface area contributed by atoms with Gasteiger partial charge in [0.2, 0.25) is 0 Å². The van der Waals surface area contributed by atoms with E-state index in [0.29, 0.717) is 24.1 Å². The molecule has 1 amide bonds. The summed E-state index contributed by atoms with van der Waals surface area (Å²) in [4.78, 5) is 16.0. The van der Waals surface area contributed by atoms with E-state index in [9.17, 15) is 4.79 Å². The quantitative estimate of drug-likeness (QED) is 0.800. The number of carbonyl (C=O) groups excluding carboxylic acids is 1. The molecule has 0 saturated heterocycles. The van der Waals surface area contributed by atoms with Crippen molar-refractivity contribution in [3.8, 4) is 11.8 Å². The van der Waals surface area contributed by atoms with Gasteiger partial charge >= 0.3 is 0 Å². The highest BCUT2D eigenvalue weighted by molar-refractivity contribution is 5.94. The first kappa shape index (κ1) is 14.8. The van der Waals surface area contributed by atoms with Crippen molar-refractivity contribution < 1.29 is 9.90 Å². The molecule has 2 aromatic heterocycles. The maximum atomic E-state index is 12.0. The van der Waals surface area contributed by atoms with E-state index in [1.54, 1.807) is 23.1 Å². The SMILES string of the molecule is Cn1cc(CNC(=O)c2cncc(C#CCCO)c2)cn1. The average Bonchev–Trinajstić information content (AvgIpc) is 2.91. The zero-order valence-electron chi connectivity index (χ0n) is 11.7. The molecule has 2 N–H and O–H groups in total. The molecule has 0 fully saturated rings. The molecule has 2 aromatic rings. The Hall–Kier alpha value is -2.65. The van der Waals surface area contributed by atoms with Gasteiger partial charge < -0.3 is 10.4 Å². The molecule has 0 aliphatic heterocycles. The molecule has 0 spiro atoms. The van der Waals surface area contributed by atoms with Crippen LogP contribution in [-0.2, 0) is 13.6 Å². The molecule has 0 aromatic carbocycles. The Morgan fingerprint density at radius 3 is 3.00 bits per heavy atom. The van der Waals surface area contributed by atoms with Crippen LogP contribution in [0, 0.1) is 11.8 Å². The molecule has 6 nitrogen and oxygen atoms in total. The zero-order valence-corrected chi connectivity index (χ0v) is 11.7. The third-order valence-electron chi connectivity index (χ3n) is 2.68. The lowest BCUT2D eigenvalue weighted by molar-refractivity contribution is 0.0950.